The lowest BCUT2D eigenvalue weighted by Crippen LogP contribution is -2.42. The summed E-state index contributed by atoms with van der Waals surface area (Å²) >= 11 is 0. The molecule has 0 saturated heterocycles. The van der Waals surface area contributed by atoms with Crippen LogP contribution < -0.4 is 10.6 Å². The van der Waals surface area contributed by atoms with Crippen LogP contribution in [-0.2, 0) is 0 Å². The van der Waals surface area contributed by atoms with Gasteiger partial charge in [0, 0.05) is 13.1 Å². The SMILES string of the molecule is O=C(NCC1CCC1)NCC1CCC1. The van der Waals surface area contributed by atoms with E-state index in [2.05, 4.69) is 10.6 Å². The van der Waals surface area contributed by atoms with E-state index in [-0.39, 0.29) is 6.03 Å². The van der Waals surface area contributed by atoms with E-state index in [0.717, 1.165) is 24.9 Å². The number of carbonyl (C=O) groups excluding carboxylic acids is 1. The summed E-state index contributed by atoms with van der Waals surface area (Å²) in [5.74, 6) is 1.51. The van der Waals surface area contributed by atoms with Gasteiger partial charge in [0.25, 0.3) is 0 Å². The Labute approximate surface area is 85.6 Å². The van der Waals surface area contributed by atoms with Gasteiger partial charge in [-0.3, -0.25) is 0 Å². The topological polar surface area (TPSA) is 41.1 Å². The molecule has 0 aromatic carbocycles. The van der Waals surface area contributed by atoms with E-state index in [1.165, 1.54) is 38.5 Å². The first-order valence-corrected chi connectivity index (χ1v) is 5.86. The Morgan fingerprint density at radius 1 is 0.929 bits per heavy atom. The van der Waals surface area contributed by atoms with E-state index in [1.54, 1.807) is 0 Å². The van der Waals surface area contributed by atoms with Crippen LogP contribution in [-0.4, -0.2) is 19.1 Å². The lowest BCUT2D eigenvalue weighted by Gasteiger charge is -2.27. The van der Waals surface area contributed by atoms with Crippen molar-refractivity contribution in [1.29, 1.82) is 0 Å². The van der Waals surface area contributed by atoms with Crippen LogP contribution in [0.5, 0.6) is 0 Å². The molecule has 0 bridgehead atoms. The second kappa shape index (κ2) is 4.67. The maximum Gasteiger partial charge on any atom is 0.314 e. The summed E-state index contributed by atoms with van der Waals surface area (Å²) < 4.78 is 0. The van der Waals surface area contributed by atoms with Crippen molar-refractivity contribution < 1.29 is 4.79 Å². The summed E-state index contributed by atoms with van der Waals surface area (Å²) in [4.78, 5) is 11.3. The van der Waals surface area contributed by atoms with E-state index < -0.39 is 0 Å². The molecule has 0 spiro atoms. The predicted octanol–water partition coefficient (Wildman–Crippen LogP) is 1.89. The summed E-state index contributed by atoms with van der Waals surface area (Å²) in [7, 11) is 0. The molecule has 2 aliphatic rings. The van der Waals surface area contributed by atoms with Gasteiger partial charge in [0.05, 0.1) is 0 Å². The van der Waals surface area contributed by atoms with E-state index in [1.807, 2.05) is 0 Å². The Kier molecular flexibility index (Phi) is 3.27. The second-order valence-corrected chi connectivity index (χ2v) is 4.68. The first-order chi connectivity index (χ1) is 6.84. The maximum absolute atomic E-state index is 11.3. The van der Waals surface area contributed by atoms with Crippen LogP contribution in [0.4, 0.5) is 4.79 Å². The van der Waals surface area contributed by atoms with Gasteiger partial charge in [0.15, 0.2) is 0 Å². The summed E-state index contributed by atoms with van der Waals surface area (Å²) in [6.45, 7) is 1.74. The molecule has 0 aliphatic heterocycles. The summed E-state index contributed by atoms with van der Waals surface area (Å²) in [6, 6.07) is 0.0313. The highest BCUT2D eigenvalue weighted by Gasteiger charge is 2.19. The van der Waals surface area contributed by atoms with Crippen LogP contribution >= 0.6 is 0 Å². The molecule has 0 aromatic heterocycles. The Balaban J connectivity index is 1.49. The minimum atomic E-state index is 0.0313. The molecule has 2 fully saturated rings. The van der Waals surface area contributed by atoms with Crippen LogP contribution in [0.2, 0.25) is 0 Å². The third-order valence-corrected chi connectivity index (χ3v) is 3.55. The van der Waals surface area contributed by atoms with Gasteiger partial charge in [-0.1, -0.05) is 12.8 Å². The van der Waals surface area contributed by atoms with Gasteiger partial charge in [-0.05, 0) is 37.5 Å². The Morgan fingerprint density at radius 3 is 1.64 bits per heavy atom. The van der Waals surface area contributed by atoms with E-state index in [0.29, 0.717) is 0 Å². The van der Waals surface area contributed by atoms with Gasteiger partial charge in [0.1, 0.15) is 0 Å². The average Bonchev–Trinajstić information content (AvgIpc) is 1.98. The van der Waals surface area contributed by atoms with Crippen molar-refractivity contribution in [2.45, 2.75) is 38.5 Å². The molecule has 0 radical (unpaired) electrons. The Morgan fingerprint density at radius 2 is 1.36 bits per heavy atom. The third kappa shape index (κ3) is 2.63. The van der Waals surface area contributed by atoms with Crippen molar-refractivity contribution in [2.24, 2.45) is 11.8 Å². The molecule has 2 saturated carbocycles. The monoisotopic (exact) mass is 196 g/mol. The highest BCUT2D eigenvalue weighted by molar-refractivity contribution is 5.73. The molecule has 2 amide bonds. The quantitative estimate of drug-likeness (QED) is 0.708. The van der Waals surface area contributed by atoms with Crippen LogP contribution in [0.3, 0.4) is 0 Å². The molecule has 0 aromatic rings. The summed E-state index contributed by atoms with van der Waals surface area (Å²) in [5, 5.41) is 5.88. The number of rotatable bonds is 4. The highest BCUT2D eigenvalue weighted by atomic mass is 16.2. The summed E-state index contributed by atoms with van der Waals surface area (Å²) in [6.07, 6.45) is 7.86. The molecule has 0 atom stereocenters. The molecule has 0 heterocycles. The number of hydrogen-bond donors (Lipinski definition) is 2. The van der Waals surface area contributed by atoms with Gasteiger partial charge in [-0.15, -0.1) is 0 Å². The van der Waals surface area contributed by atoms with Crippen molar-refractivity contribution in [1.82, 2.24) is 10.6 Å². The molecule has 2 N–H and O–H groups in total. The molecule has 14 heavy (non-hydrogen) atoms. The first-order valence-electron chi connectivity index (χ1n) is 5.86. The third-order valence-electron chi connectivity index (χ3n) is 3.55. The van der Waals surface area contributed by atoms with Crippen molar-refractivity contribution in [3.05, 3.63) is 0 Å². The van der Waals surface area contributed by atoms with Crippen LogP contribution in [0.25, 0.3) is 0 Å². The molecule has 80 valence electrons. The minimum Gasteiger partial charge on any atom is -0.338 e. The van der Waals surface area contributed by atoms with Crippen LogP contribution in [0.15, 0.2) is 0 Å². The van der Waals surface area contributed by atoms with Gasteiger partial charge < -0.3 is 10.6 Å². The van der Waals surface area contributed by atoms with Crippen molar-refractivity contribution in [2.75, 3.05) is 13.1 Å². The standard InChI is InChI=1S/C11H20N2O/c14-11(12-7-9-3-1-4-9)13-8-10-5-2-6-10/h9-10H,1-8H2,(H2,12,13,14). The van der Waals surface area contributed by atoms with E-state index in [9.17, 15) is 4.79 Å². The molecular weight excluding hydrogens is 176 g/mol. The normalized spacial score (nSPS) is 22.3. The Hall–Kier alpha value is -0.730. The highest BCUT2D eigenvalue weighted by Crippen LogP contribution is 2.25. The number of urea groups is 1. The zero-order valence-corrected chi connectivity index (χ0v) is 8.72. The summed E-state index contributed by atoms with van der Waals surface area (Å²) in [5.41, 5.74) is 0. The van der Waals surface area contributed by atoms with Crippen molar-refractivity contribution in [3.63, 3.8) is 0 Å². The smallest absolute Gasteiger partial charge is 0.314 e. The number of carbonyl (C=O) groups is 1. The molecule has 3 nitrogen and oxygen atoms in total. The van der Waals surface area contributed by atoms with Gasteiger partial charge in [-0.2, -0.15) is 0 Å². The fraction of sp³-hybridized carbons (Fsp3) is 0.909. The fourth-order valence-corrected chi connectivity index (χ4v) is 1.93. The van der Waals surface area contributed by atoms with Crippen molar-refractivity contribution in [3.8, 4) is 0 Å². The predicted molar refractivity (Wildman–Crippen MR) is 56.1 cm³/mol. The largest absolute Gasteiger partial charge is 0.338 e. The average molecular weight is 196 g/mol. The molecule has 2 rings (SSSR count). The van der Waals surface area contributed by atoms with E-state index in [4.69, 9.17) is 0 Å². The maximum atomic E-state index is 11.3. The first kappa shape index (κ1) is 9.81. The number of hydrogen-bond acceptors (Lipinski definition) is 1. The van der Waals surface area contributed by atoms with Gasteiger partial charge in [-0.25, -0.2) is 4.79 Å². The lowest BCUT2D eigenvalue weighted by atomic mass is 9.85. The van der Waals surface area contributed by atoms with Crippen LogP contribution in [0.1, 0.15) is 38.5 Å². The number of nitrogens with one attached hydrogen (secondary N) is 2. The zero-order chi connectivity index (χ0) is 9.80. The molecule has 0 unspecified atom stereocenters. The van der Waals surface area contributed by atoms with Crippen LogP contribution in [0, 0.1) is 11.8 Å². The Bertz CT molecular complexity index is 177. The van der Waals surface area contributed by atoms with Gasteiger partial charge in [0.2, 0.25) is 0 Å². The minimum absolute atomic E-state index is 0.0313. The molecule has 2 aliphatic carbocycles. The second-order valence-electron chi connectivity index (χ2n) is 4.68. The van der Waals surface area contributed by atoms with Crippen molar-refractivity contribution >= 4 is 6.03 Å². The zero-order valence-electron chi connectivity index (χ0n) is 8.72. The molecule has 3 heteroatoms. The number of amides is 2. The fourth-order valence-electron chi connectivity index (χ4n) is 1.93. The van der Waals surface area contributed by atoms with E-state index >= 15 is 0 Å². The van der Waals surface area contributed by atoms with Gasteiger partial charge >= 0.3 is 6.03 Å². The molecular formula is C11H20N2O. The lowest BCUT2D eigenvalue weighted by molar-refractivity contribution is 0.225.